The van der Waals surface area contributed by atoms with Gasteiger partial charge in [-0.2, -0.15) is 0 Å². The molecule has 7 heteroatoms. The molecule has 27 heavy (non-hydrogen) atoms. The normalized spacial score (nSPS) is 21.0. The number of fused-ring (bicyclic) bond motifs is 4. The molecular weight excluding hydrogens is 360 g/mol. The molecule has 2 bridgehead atoms. The number of piperidine rings is 1. The minimum absolute atomic E-state index is 0.0497. The fourth-order valence-electron chi connectivity index (χ4n) is 4.39. The average Bonchev–Trinajstić information content (AvgIpc) is 3.23. The maximum atomic E-state index is 12.9. The smallest absolute Gasteiger partial charge is 0.274 e. The van der Waals surface area contributed by atoms with Crippen LogP contribution in [0.25, 0.3) is 10.4 Å². The molecule has 0 unspecified atom stereocenters. The standard InChI is InChI=1S/C20H18N4O2S/c25-18-4-3-15(17-2-1-7-27-17)19-14-8-13(11-24(18)19)10-23(12-14)20(26)16-9-21-5-6-22-16/h1-7,9,13-14H,8,10-12H2/t13-,14-/m0/s1. The summed E-state index contributed by atoms with van der Waals surface area (Å²) in [6.45, 7) is 1.92. The molecule has 0 N–H and O–H groups in total. The molecule has 1 fully saturated rings. The predicted octanol–water partition coefficient (Wildman–Crippen LogP) is 2.63. The molecule has 136 valence electrons. The number of hydrogen-bond donors (Lipinski definition) is 0. The van der Waals surface area contributed by atoms with Crippen LogP contribution in [-0.2, 0) is 6.54 Å². The number of amides is 1. The Balaban J connectivity index is 1.54. The fourth-order valence-corrected chi connectivity index (χ4v) is 5.15. The van der Waals surface area contributed by atoms with Crippen molar-refractivity contribution >= 4 is 17.2 Å². The number of pyridine rings is 1. The van der Waals surface area contributed by atoms with Crippen LogP contribution in [0.4, 0.5) is 0 Å². The first-order valence-corrected chi connectivity index (χ1v) is 9.91. The van der Waals surface area contributed by atoms with Gasteiger partial charge in [0.15, 0.2) is 0 Å². The van der Waals surface area contributed by atoms with Crippen LogP contribution in [0.3, 0.4) is 0 Å². The van der Waals surface area contributed by atoms with Crippen LogP contribution in [0.5, 0.6) is 0 Å². The van der Waals surface area contributed by atoms with Gasteiger partial charge < -0.3 is 9.47 Å². The third-order valence-corrected chi connectivity index (χ3v) is 6.35. The van der Waals surface area contributed by atoms with Crippen molar-refractivity contribution in [3.8, 4) is 10.4 Å². The van der Waals surface area contributed by atoms with Crippen LogP contribution in [0.2, 0.25) is 0 Å². The van der Waals surface area contributed by atoms with Crippen molar-refractivity contribution in [3.05, 3.63) is 70.0 Å². The predicted molar refractivity (Wildman–Crippen MR) is 103 cm³/mol. The summed E-state index contributed by atoms with van der Waals surface area (Å²) in [5, 5.41) is 2.05. The first-order valence-electron chi connectivity index (χ1n) is 9.03. The van der Waals surface area contributed by atoms with E-state index in [1.54, 1.807) is 29.8 Å². The molecule has 1 saturated heterocycles. The molecule has 2 aliphatic heterocycles. The molecular formula is C20H18N4O2S. The van der Waals surface area contributed by atoms with Gasteiger partial charge in [-0.3, -0.25) is 14.6 Å². The molecule has 0 spiro atoms. The zero-order valence-corrected chi connectivity index (χ0v) is 15.4. The molecule has 6 nitrogen and oxygen atoms in total. The Bertz CT molecular complexity index is 1050. The van der Waals surface area contributed by atoms with Gasteiger partial charge in [0.25, 0.3) is 11.5 Å². The van der Waals surface area contributed by atoms with Crippen molar-refractivity contribution in [2.45, 2.75) is 18.9 Å². The number of nitrogens with zero attached hydrogens (tertiary/aromatic N) is 4. The molecule has 0 aliphatic carbocycles. The summed E-state index contributed by atoms with van der Waals surface area (Å²) in [5.41, 5.74) is 2.61. The third-order valence-electron chi connectivity index (χ3n) is 5.45. The minimum Gasteiger partial charge on any atom is -0.336 e. The van der Waals surface area contributed by atoms with E-state index in [0.717, 1.165) is 22.6 Å². The van der Waals surface area contributed by atoms with E-state index in [0.29, 0.717) is 25.3 Å². The van der Waals surface area contributed by atoms with Gasteiger partial charge in [-0.25, -0.2) is 4.98 Å². The fraction of sp³-hybridized carbons (Fsp3) is 0.300. The third kappa shape index (κ3) is 2.78. The first kappa shape index (κ1) is 16.4. The zero-order chi connectivity index (χ0) is 18.4. The van der Waals surface area contributed by atoms with E-state index in [9.17, 15) is 9.59 Å². The van der Waals surface area contributed by atoms with Gasteiger partial charge in [0.1, 0.15) is 5.69 Å². The van der Waals surface area contributed by atoms with Gasteiger partial charge in [-0.05, 0) is 29.9 Å². The molecule has 3 aromatic heterocycles. The van der Waals surface area contributed by atoms with Crippen LogP contribution in [0, 0.1) is 5.92 Å². The van der Waals surface area contributed by atoms with Gasteiger partial charge in [-0.1, -0.05) is 6.07 Å². The number of aromatic nitrogens is 3. The summed E-state index contributed by atoms with van der Waals surface area (Å²) in [6.07, 6.45) is 5.63. The van der Waals surface area contributed by atoms with Gasteiger partial charge in [-0.15, -0.1) is 11.3 Å². The molecule has 1 amide bonds. The summed E-state index contributed by atoms with van der Waals surface area (Å²) < 4.78 is 1.93. The van der Waals surface area contributed by atoms with Gasteiger partial charge >= 0.3 is 0 Å². The highest BCUT2D eigenvalue weighted by molar-refractivity contribution is 7.13. The Hall–Kier alpha value is -2.80. The second-order valence-corrected chi connectivity index (χ2v) is 8.11. The van der Waals surface area contributed by atoms with E-state index in [4.69, 9.17) is 0 Å². The molecule has 0 saturated carbocycles. The summed E-state index contributed by atoms with van der Waals surface area (Å²) in [4.78, 5) is 36.6. The SMILES string of the molecule is O=C(c1cnccn1)N1C[C@@H]2C[C@@H](C1)c1c(-c3cccs3)ccc(=O)n1C2. The zero-order valence-electron chi connectivity index (χ0n) is 14.6. The Kier molecular flexibility index (Phi) is 3.89. The number of thiophene rings is 1. The van der Waals surface area contributed by atoms with Crippen molar-refractivity contribution in [3.63, 3.8) is 0 Å². The molecule has 5 heterocycles. The molecule has 0 aromatic carbocycles. The summed E-state index contributed by atoms with van der Waals surface area (Å²) in [6, 6.07) is 7.72. The van der Waals surface area contributed by atoms with E-state index in [2.05, 4.69) is 16.0 Å². The lowest BCUT2D eigenvalue weighted by Crippen LogP contribution is -2.49. The second-order valence-electron chi connectivity index (χ2n) is 7.16. The Morgan fingerprint density at radius 2 is 2.07 bits per heavy atom. The summed E-state index contributed by atoms with van der Waals surface area (Å²) in [5.74, 6) is 0.361. The average molecular weight is 378 g/mol. The van der Waals surface area contributed by atoms with E-state index < -0.39 is 0 Å². The monoisotopic (exact) mass is 378 g/mol. The van der Waals surface area contributed by atoms with Crippen molar-refractivity contribution in [2.75, 3.05) is 13.1 Å². The maximum Gasteiger partial charge on any atom is 0.274 e. The lowest BCUT2D eigenvalue weighted by atomic mass is 9.81. The van der Waals surface area contributed by atoms with Crippen LogP contribution in [0.1, 0.15) is 28.5 Å². The highest BCUT2D eigenvalue weighted by Gasteiger charge is 2.38. The Morgan fingerprint density at radius 3 is 2.85 bits per heavy atom. The van der Waals surface area contributed by atoms with Crippen molar-refractivity contribution in [1.29, 1.82) is 0 Å². The van der Waals surface area contributed by atoms with E-state index >= 15 is 0 Å². The van der Waals surface area contributed by atoms with E-state index in [-0.39, 0.29) is 23.3 Å². The highest BCUT2D eigenvalue weighted by Crippen LogP contribution is 2.41. The number of hydrogen-bond acceptors (Lipinski definition) is 5. The van der Waals surface area contributed by atoms with Gasteiger partial charge in [0, 0.05) is 60.1 Å². The topological polar surface area (TPSA) is 68.1 Å². The summed E-state index contributed by atoms with van der Waals surface area (Å²) in [7, 11) is 0. The lowest BCUT2D eigenvalue weighted by molar-refractivity contribution is 0.0589. The Morgan fingerprint density at radius 1 is 1.15 bits per heavy atom. The van der Waals surface area contributed by atoms with E-state index in [1.807, 2.05) is 27.0 Å². The van der Waals surface area contributed by atoms with Gasteiger partial charge in [0.05, 0.1) is 6.20 Å². The first-order chi connectivity index (χ1) is 13.2. The van der Waals surface area contributed by atoms with E-state index in [1.165, 1.54) is 6.20 Å². The molecule has 5 rings (SSSR count). The lowest BCUT2D eigenvalue weighted by Gasteiger charge is -2.43. The maximum absolute atomic E-state index is 12.9. The summed E-state index contributed by atoms with van der Waals surface area (Å²) >= 11 is 1.68. The number of rotatable bonds is 2. The van der Waals surface area contributed by atoms with Crippen LogP contribution >= 0.6 is 11.3 Å². The number of carbonyl (C=O) groups is 1. The van der Waals surface area contributed by atoms with Gasteiger partial charge in [0.2, 0.25) is 0 Å². The molecule has 0 radical (unpaired) electrons. The molecule has 2 atom stereocenters. The number of carbonyl (C=O) groups excluding carboxylic acids is 1. The number of likely N-dealkylation sites (tertiary alicyclic amines) is 1. The van der Waals surface area contributed by atoms with Crippen molar-refractivity contribution in [1.82, 2.24) is 19.4 Å². The van der Waals surface area contributed by atoms with Crippen molar-refractivity contribution in [2.24, 2.45) is 5.92 Å². The highest BCUT2D eigenvalue weighted by atomic mass is 32.1. The van der Waals surface area contributed by atoms with Crippen LogP contribution < -0.4 is 5.56 Å². The molecule has 3 aromatic rings. The van der Waals surface area contributed by atoms with Crippen molar-refractivity contribution < 1.29 is 4.79 Å². The van der Waals surface area contributed by atoms with Crippen LogP contribution in [-0.4, -0.2) is 38.4 Å². The molecule has 2 aliphatic rings. The second kappa shape index (κ2) is 6.42. The Labute approximate surface area is 160 Å². The van der Waals surface area contributed by atoms with Crippen LogP contribution in [0.15, 0.2) is 53.0 Å². The quantitative estimate of drug-likeness (QED) is 0.687. The largest absolute Gasteiger partial charge is 0.336 e. The minimum atomic E-state index is -0.0813.